The van der Waals surface area contributed by atoms with Crippen LogP contribution in [0.2, 0.25) is 0 Å². The number of ether oxygens (including phenoxy) is 1. The molecule has 1 heterocycles. The van der Waals surface area contributed by atoms with E-state index in [2.05, 4.69) is 9.72 Å². The first kappa shape index (κ1) is 11.3. The highest BCUT2D eigenvalue weighted by atomic mass is 19.4. The average Bonchev–Trinajstić information content (AvgIpc) is 2.08. The lowest BCUT2D eigenvalue weighted by molar-refractivity contribution is -0.276. The van der Waals surface area contributed by atoms with E-state index in [0.29, 0.717) is 5.56 Å². The molecule has 0 aliphatic carbocycles. The van der Waals surface area contributed by atoms with Gasteiger partial charge < -0.3 is 4.74 Å². The van der Waals surface area contributed by atoms with Crippen LogP contribution in [0.15, 0.2) is 12.3 Å². The second-order valence-electron chi connectivity index (χ2n) is 2.85. The molecule has 1 rings (SSSR count). The zero-order valence-electron chi connectivity index (χ0n) is 7.80. The van der Waals surface area contributed by atoms with E-state index in [9.17, 15) is 13.2 Å². The first-order valence-electron chi connectivity index (χ1n) is 4.00. The number of hydrogen-bond acceptors (Lipinski definition) is 3. The fourth-order valence-corrected chi connectivity index (χ4v) is 1.02. The van der Waals surface area contributed by atoms with E-state index in [0.717, 1.165) is 0 Å². The molecule has 0 saturated carbocycles. The molecule has 0 aromatic carbocycles. The normalized spacial score (nSPS) is 10.9. The van der Waals surface area contributed by atoms with Crippen LogP contribution in [0, 0.1) is 18.3 Å². The molecule has 80 valence electrons. The standard InChI is InChI=1S/C9H7F3N2O/c1-6-4-7(2-3-13)5-14-8(6)15-9(10,11)12/h4-5H,2H2,1H3. The van der Waals surface area contributed by atoms with E-state index in [-0.39, 0.29) is 12.0 Å². The molecule has 0 saturated heterocycles. The molecular formula is C9H7F3N2O. The van der Waals surface area contributed by atoms with Crippen molar-refractivity contribution >= 4 is 0 Å². The van der Waals surface area contributed by atoms with Gasteiger partial charge in [0.05, 0.1) is 12.5 Å². The zero-order valence-corrected chi connectivity index (χ0v) is 7.80. The van der Waals surface area contributed by atoms with Crippen molar-refractivity contribution in [3.63, 3.8) is 0 Å². The van der Waals surface area contributed by atoms with Crippen molar-refractivity contribution in [2.75, 3.05) is 0 Å². The van der Waals surface area contributed by atoms with E-state index in [1.165, 1.54) is 19.2 Å². The molecule has 6 heteroatoms. The molecule has 0 spiro atoms. The third kappa shape index (κ3) is 3.46. The lowest BCUT2D eigenvalue weighted by atomic mass is 10.2. The summed E-state index contributed by atoms with van der Waals surface area (Å²) in [6, 6.07) is 3.32. The summed E-state index contributed by atoms with van der Waals surface area (Å²) in [7, 11) is 0. The van der Waals surface area contributed by atoms with E-state index >= 15 is 0 Å². The number of aromatic nitrogens is 1. The van der Waals surface area contributed by atoms with Crippen molar-refractivity contribution in [1.29, 1.82) is 5.26 Å². The molecule has 3 nitrogen and oxygen atoms in total. The third-order valence-corrected chi connectivity index (χ3v) is 1.58. The highest BCUT2D eigenvalue weighted by molar-refractivity contribution is 5.29. The Morgan fingerprint density at radius 1 is 1.53 bits per heavy atom. The third-order valence-electron chi connectivity index (χ3n) is 1.58. The summed E-state index contributed by atoms with van der Waals surface area (Å²) in [4.78, 5) is 3.49. The van der Waals surface area contributed by atoms with Crippen LogP contribution in [-0.4, -0.2) is 11.3 Å². The van der Waals surface area contributed by atoms with Gasteiger partial charge in [0.15, 0.2) is 0 Å². The predicted molar refractivity (Wildman–Crippen MR) is 45.0 cm³/mol. The molecule has 1 aromatic rings. The van der Waals surface area contributed by atoms with E-state index < -0.39 is 12.2 Å². The summed E-state index contributed by atoms with van der Waals surface area (Å²) in [6.45, 7) is 1.44. The number of nitriles is 1. The van der Waals surface area contributed by atoms with Gasteiger partial charge in [0.1, 0.15) is 0 Å². The van der Waals surface area contributed by atoms with Crippen LogP contribution in [0.4, 0.5) is 13.2 Å². The fourth-order valence-electron chi connectivity index (χ4n) is 1.02. The van der Waals surface area contributed by atoms with Gasteiger partial charge in [-0.15, -0.1) is 13.2 Å². The van der Waals surface area contributed by atoms with Crippen LogP contribution in [0.5, 0.6) is 5.88 Å². The summed E-state index contributed by atoms with van der Waals surface area (Å²) in [5.41, 5.74) is 0.810. The van der Waals surface area contributed by atoms with Gasteiger partial charge in [-0.2, -0.15) is 5.26 Å². The topological polar surface area (TPSA) is 45.9 Å². The minimum absolute atomic E-state index is 0.111. The lowest BCUT2D eigenvalue weighted by Gasteiger charge is -2.10. The Kier molecular flexibility index (Phi) is 3.14. The van der Waals surface area contributed by atoms with Crippen molar-refractivity contribution in [1.82, 2.24) is 4.98 Å². The second kappa shape index (κ2) is 4.17. The van der Waals surface area contributed by atoms with E-state index in [4.69, 9.17) is 5.26 Å². The Morgan fingerprint density at radius 2 is 2.20 bits per heavy atom. The van der Waals surface area contributed by atoms with Gasteiger partial charge in [0.2, 0.25) is 5.88 Å². The van der Waals surface area contributed by atoms with Crippen molar-refractivity contribution in [3.8, 4) is 11.9 Å². The maximum atomic E-state index is 11.9. The van der Waals surface area contributed by atoms with Gasteiger partial charge in [0, 0.05) is 11.8 Å². The number of pyridine rings is 1. The Hall–Kier alpha value is -1.77. The van der Waals surface area contributed by atoms with Crippen LogP contribution in [0.3, 0.4) is 0 Å². The Labute approximate surface area is 84.1 Å². The minimum Gasteiger partial charge on any atom is -0.388 e. The Bertz CT molecular complexity index is 395. The van der Waals surface area contributed by atoms with Gasteiger partial charge in [-0.25, -0.2) is 4.98 Å². The molecule has 0 fully saturated rings. The number of rotatable bonds is 2. The summed E-state index contributed by atoms with van der Waals surface area (Å²) in [5.74, 6) is -0.482. The Morgan fingerprint density at radius 3 is 2.67 bits per heavy atom. The van der Waals surface area contributed by atoms with Crippen LogP contribution in [0.1, 0.15) is 11.1 Å². The van der Waals surface area contributed by atoms with Crippen molar-refractivity contribution in [3.05, 3.63) is 23.4 Å². The number of halogens is 3. The molecule has 15 heavy (non-hydrogen) atoms. The number of hydrogen-bond donors (Lipinski definition) is 0. The summed E-state index contributed by atoms with van der Waals surface area (Å²) in [6.07, 6.45) is -3.44. The molecule has 0 aliphatic rings. The van der Waals surface area contributed by atoms with Crippen LogP contribution in [0.25, 0.3) is 0 Å². The molecule has 0 amide bonds. The van der Waals surface area contributed by atoms with Gasteiger partial charge in [-0.1, -0.05) is 0 Å². The van der Waals surface area contributed by atoms with Gasteiger partial charge in [-0.3, -0.25) is 0 Å². The van der Waals surface area contributed by atoms with Gasteiger partial charge in [0.25, 0.3) is 0 Å². The van der Waals surface area contributed by atoms with Crippen LogP contribution in [-0.2, 0) is 6.42 Å². The smallest absolute Gasteiger partial charge is 0.388 e. The largest absolute Gasteiger partial charge is 0.574 e. The summed E-state index contributed by atoms with van der Waals surface area (Å²) >= 11 is 0. The van der Waals surface area contributed by atoms with E-state index in [1.54, 1.807) is 0 Å². The van der Waals surface area contributed by atoms with Crippen molar-refractivity contribution < 1.29 is 17.9 Å². The summed E-state index contributed by atoms with van der Waals surface area (Å²) in [5, 5.41) is 8.38. The van der Waals surface area contributed by atoms with Crippen LogP contribution < -0.4 is 4.74 Å². The van der Waals surface area contributed by atoms with Crippen LogP contribution >= 0.6 is 0 Å². The monoisotopic (exact) mass is 216 g/mol. The fraction of sp³-hybridized carbons (Fsp3) is 0.333. The molecule has 0 radical (unpaired) electrons. The quantitative estimate of drug-likeness (QED) is 0.762. The van der Waals surface area contributed by atoms with Gasteiger partial charge >= 0.3 is 6.36 Å². The molecule has 1 aromatic heterocycles. The number of aryl methyl sites for hydroxylation is 1. The minimum atomic E-state index is -4.74. The molecule has 0 bridgehead atoms. The number of nitrogens with zero attached hydrogens (tertiary/aromatic N) is 2. The summed E-state index contributed by atoms with van der Waals surface area (Å²) < 4.78 is 39.2. The van der Waals surface area contributed by atoms with E-state index in [1.807, 2.05) is 6.07 Å². The van der Waals surface area contributed by atoms with Crippen molar-refractivity contribution in [2.24, 2.45) is 0 Å². The molecular weight excluding hydrogens is 209 g/mol. The predicted octanol–water partition coefficient (Wildman–Crippen LogP) is 2.35. The molecule has 0 N–H and O–H groups in total. The number of alkyl halides is 3. The average molecular weight is 216 g/mol. The molecule has 0 atom stereocenters. The lowest BCUT2D eigenvalue weighted by Crippen LogP contribution is -2.18. The Balaban J connectivity index is 2.89. The first-order valence-corrected chi connectivity index (χ1v) is 4.00. The molecule has 0 unspecified atom stereocenters. The highest BCUT2D eigenvalue weighted by Gasteiger charge is 2.32. The maximum absolute atomic E-state index is 11.9. The molecule has 0 aliphatic heterocycles. The second-order valence-corrected chi connectivity index (χ2v) is 2.85. The maximum Gasteiger partial charge on any atom is 0.574 e. The SMILES string of the molecule is Cc1cc(CC#N)cnc1OC(F)(F)F. The highest BCUT2D eigenvalue weighted by Crippen LogP contribution is 2.24. The van der Waals surface area contributed by atoms with Gasteiger partial charge in [-0.05, 0) is 18.6 Å². The van der Waals surface area contributed by atoms with Crippen molar-refractivity contribution in [2.45, 2.75) is 19.7 Å². The first-order chi connectivity index (χ1) is 6.92. The zero-order chi connectivity index (χ0) is 11.5.